The highest BCUT2D eigenvalue weighted by atomic mass is 16.5. The Labute approximate surface area is 180 Å². The number of aliphatic imine (C=N–C) groups is 1. The molecule has 0 aliphatic rings. The van der Waals surface area contributed by atoms with Gasteiger partial charge in [-0.05, 0) is 35.4 Å². The van der Waals surface area contributed by atoms with Crippen molar-refractivity contribution < 1.29 is 14.3 Å². The van der Waals surface area contributed by atoms with Gasteiger partial charge >= 0.3 is 6.09 Å². The molecule has 3 aromatic carbocycles. The van der Waals surface area contributed by atoms with E-state index in [0.717, 1.165) is 11.1 Å². The van der Waals surface area contributed by atoms with Crippen molar-refractivity contribution in [1.82, 2.24) is 5.32 Å². The predicted octanol–water partition coefficient (Wildman–Crippen LogP) is 4.68. The zero-order valence-electron chi connectivity index (χ0n) is 17.0. The number of nitriles is 1. The van der Waals surface area contributed by atoms with Crippen molar-refractivity contribution >= 4 is 17.7 Å². The fourth-order valence-electron chi connectivity index (χ4n) is 3.08. The molecule has 0 aromatic heterocycles. The van der Waals surface area contributed by atoms with E-state index in [1.807, 2.05) is 36.4 Å². The van der Waals surface area contributed by atoms with Gasteiger partial charge in [-0.3, -0.25) is 4.79 Å². The van der Waals surface area contributed by atoms with Gasteiger partial charge in [0, 0.05) is 12.0 Å². The van der Waals surface area contributed by atoms with Crippen molar-refractivity contribution in [2.45, 2.75) is 12.5 Å². The van der Waals surface area contributed by atoms with Crippen LogP contribution in [0.1, 0.15) is 39.5 Å². The Morgan fingerprint density at radius 2 is 1.52 bits per heavy atom. The molecule has 3 rings (SSSR count). The number of hydrogen-bond donors (Lipinski definition) is 1. The van der Waals surface area contributed by atoms with Crippen LogP contribution in [-0.2, 0) is 4.74 Å². The number of nitrogens with one attached hydrogen (secondary N) is 1. The quantitative estimate of drug-likeness (QED) is 0.597. The molecule has 31 heavy (non-hydrogen) atoms. The van der Waals surface area contributed by atoms with Crippen molar-refractivity contribution in [3.05, 3.63) is 107 Å². The molecule has 0 unspecified atom stereocenters. The summed E-state index contributed by atoms with van der Waals surface area (Å²) in [5.41, 5.74) is 3.06. The van der Waals surface area contributed by atoms with Crippen LogP contribution in [0.4, 0.5) is 4.79 Å². The van der Waals surface area contributed by atoms with Crippen molar-refractivity contribution in [2.75, 3.05) is 7.11 Å². The molecule has 0 fully saturated rings. The van der Waals surface area contributed by atoms with Crippen molar-refractivity contribution in [3.63, 3.8) is 0 Å². The average molecular weight is 411 g/mol. The molecule has 1 atom stereocenters. The van der Waals surface area contributed by atoms with Gasteiger partial charge in [0.2, 0.25) is 0 Å². The summed E-state index contributed by atoms with van der Waals surface area (Å²) in [5, 5.41) is 12.1. The zero-order valence-corrected chi connectivity index (χ0v) is 17.0. The number of methoxy groups -OCH3 is 1. The first-order valence-corrected chi connectivity index (χ1v) is 9.67. The van der Waals surface area contributed by atoms with E-state index in [4.69, 9.17) is 10.00 Å². The first-order valence-electron chi connectivity index (χ1n) is 9.67. The van der Waals surface area contributed by atoms with Gasteiger partial charge in [0.15, 0.2) is 0 Å². The largest absolute Gasteiger partial charge is 0.451 e. The molecule has 6 heteroatoms. The monoisotopic (exact) mass is 411 g/mol. The molecule has 2 amide bonds. The predicted molar refractivity (Wildman–Crippen MR) is 118 cm³/mol. The van der Waals surface area contributed by atoms with Gasteiger partial charge in [0.05, 0.1) is 30.5 Å². The highest BCUT2D eigenvalue weighted by Crippen LogP contribution is 2.22. The summed E-state index contributed by atoms with van der Waals surface area (Å²) in [6.07, 6.45) is -0.462. The summed E-state index contributed by atoms with van der Waals surface area (Å²) in [6.45, 7) is 0. The van der Waals surface area contributed by atoms with E-state index in [0.29, 0.717) is 16.8 Å². The fourth-order valence-corrected chi connectivity index (χ4v) is 3.08. The first kappa shape index (κ1) is 21.5. The lowest BCUT2D eigenvalue weighted by Gasteiger charge is -2.21. The second kappa shape index (κ2) is 10.5. The van der Waals surface area contributed by atoms with E-state index < -0.39 is 12.1 Å². The van der Waals surface area contributed by atoms with Crippen molar-refractivity contribution in [2.24, 2.45) is 4.99 Å². The van der Waals surface area contributed by atoms with Crippen molar-refractivity contribution in [1.29, 1.82) is 5.26 Å². The molecule has 0 saturated carbocycles. The average Bonchev–Trinajstić information content (AvgIpc) is 2.84. The maximum Gasteiger partial charge on any atom is 0.433 e. The van der Waals surface area contributed by atoms with Crippen LogP contribution in [0.2, 0.25) is 0 Å². The minimum absolute atomic E-state index is 0.250. The van der Waals surface area contributed by atoms with E-state index >= 15 is 0 Å². The van der Waals surface area contributed by atoms with Crippen LogP contribution in [0.15, 0.2) is 89.9 Å². The van der Waals surface area contributed by atoms with E-state index in [2.05, 4.69) is 16.4 Å². The molecule has 0 saturated heterocycles. The third-order valence-electron chi connectivity index (χ3n) is 4.69. The second-order valence-electron chi connectivity index (χ2n) is 6.72. The molecular weight excluding hydrogens is 390 g/mol. The Morgan fingerprint density at radius 1 is 0.935 bits per heavy atom. The summed E-state index contributed by atoms with van der Waals surface area (Å²) in [4.78, 5) is 28.9. The Hall–Kier alpha value is -4.24. The number of rotatable bonds is 6. The Morgan fingerprint density at radius 3 is 2.06 bits per heavy atom. The third-order valence-corrected chi connectivity index (χ3v) is 4.69. The number of amides is 2. The van der Waals surface area contributed by atoms with Crippen LogP contribution in [0.25, 0.3) is 0 Å². The minimum Gasteiger partial charge on any atom is -0.451 e. The normalized spacial score (nSPS) is 11.8. The summed E-state index contributed by atoms with van der Waals surface area (Å²) in [6, 6.07) is 26.7. The first-order chi connectivity index (χ1) is 15.1. The number of nitrogens with zero attached hydrogens (tertiary/aromatic N) is 2. The van der Waals surface area contributed by atoms with E-state index in [9.17, 15) is 9.59 Å². The number of ether oxygens (including phenoxy) is 1. The molecule has 0 aliphatic heterocycles. The van der Waals surface area contributed by atoms with E-state index in [1.54, 1.807) is 48.5 Å². The zero-order chi connectivity index (χ0) is 22.1. The van der Waals surface area contributed by atoms with Gasteiger partial charge in [-0.25, -0.2) is 4.79 Å². The molecule has 0 heterocycles. The van der Waals surface area contributed by atoms with E-state index in [-0.39, 0.29) is 12.3 Å². The van der Waals surface area contributed by atoms with Gasteiger partial charge in [0.1, 0.15) is 0 Å². The van der Waals surface area contributed by atoms with Crippen molar-refractivity contribution in [3.8, 4) is 6.07 Å². The highest BCUT2D eigenvalue weighted by molar-refractivity contribution is 6.06. The lowest BCUT2D eigenvalue weighted by Crippen LogP contribution is -2.30. The van der Waals surface area contributed by atoms with Gasteiger partial charge < -0.3 is 10.1 Å². The van der Waals surface area contributed by atoms with E-state index in [1.165, 1.54) is 7.11 Å². The number of carbonyl (C=O) groups is 2. The maximum atomic E-state index is 12.9. The fraction of sp³-hybridized carbons (Fsp3) is 0.120. The minimum atomic E-state index is -0.716. The Balaban J connectivity index is 1.97. The van der Waals surface area contributed by atoms with Crippen LogP contribution >= 0.6 is 0 Å². The molecule has 3 aromatic rings. The summed E-state index contributed by atoms with van der Waals surface area (Å²) in [7, 11) is 1.27. The Bertz CT molecular complexity index is 1100. The molecule has 154 valence electrons. The lowest BCUT2D eigenvalue weighted by molar-refractivity contribution is 0.0938. The standard InChI is InChI=1S/C25H21N3O3/c1-31-25(30)28-23(19-8-4-2-5-9-19)16-22(20-14-12-18(17-26)13-15-20)27-24(29)21-10-6-3-7-11-21/h2-15,22H,16H2,1H3,(H,27,29)/b28-23-/t22-/m0/s1. The summed E-state index contributed by atoms with van der Waals surface area (Å²) >= 11 is 0. The number of benzene rings is 3. The van der Waals surface area contributed by atoms with Crippen LogP contribution in [0.5, 0.6) is 0 Å². The third kappa shape index (κ3) is 5.87. The van der Waals surface area contributed by atoms with Crippen LogP contribution in [0, 0.1) is 11.3 Å². The molecular formula is C25H21N3O3. The van der Waals surface area contributed by atoms with Crippen LogP contribution in [0.3, 0.4) is 0 Å². The molecule has 6 nitrogen and oxygen atoms in total. The summed E-state index contributed by atoms with van der Waals surface area (Å²) in [5.74, 6) is -0.250. The number of hydrogen-bond acceptors (Lipinski definition) is 4. The van der Waals surface area contributed by atoms with Gasteiger partial charge in [0.25, 0.3) is 5.91 Å². The second-order valence-corrected chi connectivity index (χ2v) is 6.72. The van der Waals surface area contributed by atoms with Crippen LogP contribution in [-0.4, -0.2) is 24.8 Å². The molecule has 0 aliphatic carbocycles. The lowest BCUT2D eigenvalue weighted by atomic mass is 9.96. The van der Waals surface area contributed by atoms with Gasteiger partial charge in [-0.2, -0.15) is 10.3 Å². The SMILES string of the molecule is COC(=O)/N=C(/C[C@H](NC(=O)c1ccccc1)c1ccc(C#N)cc1)c1ccccc1. The highest BCUT2D eigenvalue weighted by Gasteiger charge is 2.20. The van der Waals surface area contributed by atoms with Crippen LogP contribution < -0.4 is 5.32 Å². The molecule has 1 N–H and O–H groups in total. The topological polar surface area (TPSA) is 91.5 Å². The maximum absolute atomic E-state index is 12.9. The van der Waals surface area contributed by atoms with Gasteiger partial charge in [-0.1, -0.05) is 60.7 Å². The number of carbonyl (C=O) groups excluding carboxylic acids is 2. The summed E-state index contributed by atoms with van der Waals surface area (Å²) < 4.78 is 4.72. The van der Waals surface area contributed by atoms with Gasteiger partial charge in [-0.15, -0.1) is 0 Å². The Kier molecular flexibility index (Phi) is 7.28. The molecule has 0 bridgehead atoms. The smallest absolute Gasteiger partial charge is 0.433 e. The molecule has 0 spiro atoms. The molecule has 0 radical (unpaired) electrons.